The van der Waals surface area contributed by atoms with E-state index < -0.39 is 0 Å². The Balaban J connectivity index is 1.50. The summed E-state index contributed by atoms with van der Waals surface area (Å²) in [6.07, 6.45) is 4.87. The zero-order chi connectivity index (χ0) is 16.9. The van der Waals surface area contributed by atoms with Crippen molar-refractivity contribution in [3.63, 3.8) is 0 Å². The average molecular weight is 328 g/mol. The summed E-state index contributed by atoms with van der Waals surface area (Å²) in [5.41, 5.74) is 0.662. The molecule has 2 aromatic heterocycles. The van der Waals surface area contributed by atoms with E-state index in [1.165, 1.54) is 0 Å². The van der Waals surface area contributed by atoms with Crippen LogP contribution in [0.2, 0.25) is 0 Å². The molecule has 1 spiro atoms. The van der Waals surface area contributed by atoms with Gasteiger partial charge < -0.3 is 14.2 Å². The molecule has 7 nitrogen and oxygen atoms in total. The standard InChI is InChI=1S/C17H20N4O3/c1-12-3-4-14(24-12)16(23)20-6-5-17(10-20)7-15(22)21(11-17)13-8-18-19(2)9-13/h3-4,8-9H,5-7,10-11H2,1-2H3. The molecule has 4 heterocycles. The molecule has 0 saturated carbocycles. The van der Waals surface area contributed by atoms with Crippen LogP contribution in [0, 0.1) is 12.3 Å². The molecule has 2 amide bonds. The Labute approximate surface area is 139 Å². The van der Waals surface area contributed by atoms with Crippen LogP contribution < -0.4 is 4.90 Å². The van der Waals surface area contributed by atoms with Crippen molar-refractivity contribution in [1.82, 2.24) is 14.7 Å². The molecule has 2 saturated heterocycles. The number of anilines is 1. The average Bonchev–Trinajstić information content (AvgIpc) is 3.29. The fraction of sp³-hybridized carbons (Fsp3) is 0.471. The van der Waals surface area contributed by atoms with Crippen LogP contribution in [0.1, 0.15) is 29.2 Å². The molecule has 2 fully saturated rings. The van der Waals surface area contributed by atoms with E-state index in [2.05, 4.69) is 5.10 Å². The minimum absolute atomic E-state index is 0.0905. The molecule has 7 heteroatoms. The van der Waals surface area contributed by atoms with Crippen molar-refractivity contribution >= 4 is 17.5 Å². The van der Waals surface area contributed by atoms with E-state index in [0.717, 1.165) is 17.9 Å². The minimum atomic E-state index is -0.162. The normalized spacial score (nSPS) is 23.7. The van der Waals surface area contributed by atoms with E-state index in [1.54, 1.807) is 32.8 Å². The van der Waals surface area contributed by atoms with Crippen LogP contribution in [0.5, 0.6) is 0 Å². The molecule has 0 N–H and O–H groups in total. The molecule has 4 rings (SSSR count). The molecule has 0 aliphatic carbocycles. The van der Waals surface area contributed by atoms with E-state index in [0.29, 0.717) is 31.8 Å². The third kappa shape index (κ3) is 2.40. The molecule has 2 aliphatic heterocycles. The van der Waals surface area contributed by atoms with Gasteiger partial charge in [0.15, 0.2) is 5.76 Å². The first kappa shape index (κ1) is 15.0. The summed E-state index contributed by atoms with van der Waals surface area (Å²) in [6, 6.07) is 3.51. The molecule has 24 heavy (non-hydrogen) atoms. The molecule has 0 radical (unpaired) electrons. The molecule has 1 unspecified atom stereocenters. The summed E-state index contributed by atoms with van der Waals surface area (Å²) in [5.74, 6) is 1.11. The number of rotatable bonds is 2. The predicted octanol–water partition coefficient (Wildman–Crippen LogP) is 1.59. The monoisotopic (exact) mass is 328 g/mol. The van der Waals surface area contributed by atoms with Gasteiger partial charge in [0.2, 0.25) is 5.91 Å². The first-order valence-electron chi connectivity index (χ1n) is 8.11. The number of likely N-dealkylation sites (tertiary alicyclic amines) is 1. The van der Waals surface area contributed by atoms with Gasteiger partial charge in [-0.2, -0.15) is 5.10 Å². The minimum Gasteiger partial charge on any atom is -0.456 e. The van der Waals surface area contributed by atoms with Crippen LogP contribution in [-0.4, -0.2) is 46.1 Å². The van der Waals surface area contributed by atoms with Crippen LogP contribution in [0.4, 0.5) is 5.69 Å². The van der Waals surface area contributed by atoms with Crippen LogP contribution in [0.3, 0.4) is 0 Å². The lowest BCUT2D eigenvalue weighted by Gasteiger charge is -2.23. The fourth-order valence-electron chi connectivity index (χ4n) is 3.77. The van der Waals surface area contributed by atoms with Gasteiger partial charge in [-0.3, -0.25) is 14.3 Å². The summed E-state index contributed by atoms with van der Waals surface area (Å²) in [5, 5.41) is 4.14. The van der Waals surface area contributed by atoms with Crippen molar-refractivity contribution in [3.05, 3.63) is 36.0 Å². The third-order valence-electron chi connectivity index (χ3n) is 5.00. The first-order valence-corrected chi connectivity index (χ1v) is 8.11. The van der Waals surface area contributed by atoms with Gasteiger partial charge in [0.25, 0.3) is 5.91 Å². The molecule has 126 valence electrons. The van der Waals surface area contributed by atoms with Crippen LogP contribution in [0.25, 0.3) is 0 Å². The largest absolute Gasteiger partial charge is 0.456 e. The lowest BCUT2D eigenvalue weighted by atomic mass is 9.86. The number of aryl methyl sites for hydroxylation is 2. The van der Waals surface area contributed by atoms with Gasteiger partial charge in [-0.15, -0.1) is 0 Å². The Morgan fingerprint density at radius 3 is 2.83 bits per heavy atom. The highest BCUT2D eigenvalue weighted by Crippen LogP contribution is 2.42. The quantitative estimate of drug-likeness (QED) is 0.839. The molecule has 2 aliphatic rings. The van der Waals surface area contributed by atoms with Crippen molar-refractivity contribution in [1.29, 1.82) is 0 Å². The van der Waals surface area contributed by atoms with E-state index >= 15 is 0 Å². The molecule has 1 atom stereocenters. The Morgan fingerprint density at radius 1 is 1.33 bits per heavy atom. The number of aromatic nitrogens is 2. The highest BCUT2D eigenvalue weighted by atomic mass is 16.3. The Bertz CT molecular complexity index is 808. The second kappa shape index (κ2) is 5.22. The highest BCUT2D eigenvalue weighted by Gasteiger charge is 2.49. The maximum atomic E-state index is 12.6. The van der Waals surface area contributed by atoms with Gasteiger partial charge in [0.1, 0.15) is 5.76 Å². The maximum Gasteiger partial charge on any atom is 0.289 e. The van der Waals surface area contributed by atoms with Gasteiger partial charge >= 0.3 is 0 Å². The molecule has 0 aromatic carbocycles. The third-order valence-corrected chi connectivity index (χ3v) is 5.00. The van der Waals surface area contributed by atoms with Gasteiger partial charge in [-0.1, -0.05) is 0 Å². The lowest BCUT2D eigenvalue weighted by molar-refractivity contribution is -0.117. The summed E-state index contributed by atoms with van der Waals surface area (Å²) >= 11 is 0. The zero-order valence-electron chi connectivity index (χ0n) is 13.9. The van der Waals surface area contributed by atoms with Gasteiger partial charge in [0.05, 0.1) is 11.9 Å². The smallest absolute Gasteiger partial charge is 0.289 e. The summed E-state index contributed by atoms with van der Waals surface area (Å²) in [6.45, 7) is 3.71. The Hall–Kier alpha value is -2.57. The number of hydrogen-bond acceptors (Lipinski definition) is 4. The Kier molecular flexibility index (Phi) is 3.26. The Morgan fingerprint density at radius 2 is 2.17 bits per heavy atom. The molecular weight excluding hydrogens is 308 g/mol. The highest BCUT2D eigenvalue weighted by molar-refractivity contribution is 5.97. The van der Waals surface area contributed by atoms with Crippen molar-refractivity contribution in [2.75, 3.05) is 24.5 Å². The molecular formula is C17H20N4O3. The fourth-order valence-corrected chi connectivity index (χ4v) is 3.77. The van der Waals surface area contributed by atoms with Crippen molar-refractivity contribution in [2.45, 2.75) is 19.8 Å². The van der Waals surface area contributed by atoms with Crippen LogP contribution in [-0.2, 0) is 11.8 Å². The maximum absolute atomic E-state index is 12.6. The number of amides is 2. The van der Waals surface area contributed by atoms with Gasteiger partial charge in [-0.05, 0) is 25.5 Å². The van der Waals surface area contributed by atoms with Gasteiger partial charge in [-0.25, -0.2) is 0 Å². The second-order valence-electron chi connectivity index (χ2n) is 6.92. The van der Waals surface area contributed by atoms with Crippen molar-refractivity contribution in [3.8, 4) is 0 Å². The van der Waals surface area contributed by atoms with E-state index in [1.807, 2.05) is 20.2 Å². The summed E-state index contributed by atoms with van der Waals surface area (Å²) in [7, 11) is 1.83. The van der Waals surface area contributed by atoms with Crippen molar-refractivity contribution in [2.24, 2.45) is 12.5 Å². The van der Waals surface area contributed by atoms with E-state index in [-0.39, 0.29) is 17.2 Å². The second-order valence-corrected chi connectivity index (χ2v) is 6.92. The number of carbonyl (C=O) groups excluding carboxylic acids is 2. The molecule has 2 aromatic rings. The number of furan rings is 1. The first-order chi connectivity index (χ1) is 11.5. The number of nitrogens with zero attached hydrogens (tertiary/aromatic N) is 4. The lowest BCUT2D eigenvalue weighted by Crippen LogP contribution is -2.34. The van der Waals surface area contributed by atoms with Crippen molar-refractivity contribution < 1.29 is 14.0 Å². The summed E-state index contributed by atoms with van der Waals surface area (Å²) < 4.78 is 7.14. The number of hydrogen-bond donors (Lipinski definition) is 0. The van der Waals surface area contributed by atoms with E-state index in [9.17, 15) is 9.59 Å². The molecule has 0 bridgehead atoms. The van der Waals surface area contributed by atoms with E-state index in [4.69, 9.17) is 4.42 Å². The number of carbonyl (C=O) groups is 2. The predicted molar refractivity (Wildman–Crippen MR) is 86.6 cm³/mol. The van der Waals surface area contributed by atoms with Crippen LogP contribution >= 0.6 is 0 Å². The van der Waals surface area contributed by atoms with Gasteiger partial charge in [0, 0.05) is 44.7 Å². The topological polar surface area (TPSA) is 71.6 Å². The zero-order valence-corrected chi connectivity index (χ0v) is 13.9. The summed E-state index contributed by atoms with van der Waals surface area (Å²) in [4.78, 5) is 28.6. The van der Waals surface area contributed by atoms with Crippen LogP contribution in [0.15, 0.2) is 28.9 Å². The SMILES string of the molecule is Cc1ccc(C(=O)N2CCC3(CC(=O)N(c4cnn(C)c4)C3)C2)o1.